The number of nitrogens with zero attached hydrogens (tertiary/aromatic N) is 1. The van der Waals surface area contributed by atoms with Gasteiger partial charge in [0.1, 0.15) is 24.6 Å². The molecule has 0 bridgehead atoms. The monoisotopic (exact) mass is 411 g/mol. The second-order valence-corrected chi connectivity index (χ2v) is 9.47. The Balaban J connectivity index is 1.30. The van der Waals surface area contributed by atoms with Crippen molar-refractivity contribution in [2.45, 2.75) is 75.7 Å². The van der Waals surface area contributed by atoms with Gasteiger partial charge in [-0.05, 0) is 44.6 Å². The van der Waals surface area contributed by atoms with Crippen LogP contribution in [0.25, 0.3) is 0 Å². The summed E-state index contributed by atoms with van der Waals surface area (Å²) in [6.45, 7) is 5.63. The average Bonchev–Trinajstić information content (AvgIpc) is 3.65. The number of epoxide rings is 1. The van der Waals surface area contributed by atoms with Crippen molar-refractivity contribution in [3.05, 3.63) is 59.7 Å². The molecule has 5 heteroatoms. The van der Waals surface area contributed by atoms with Gasteiger partial charge in [0.15, 0.2) is 0 Å². The maximum Gasteiger partial charge on any atom is 0.147 e. The fraction of sp³-hybridized carbons (Fsp3) is 0.600. The molecule has 3 aliphatic heterocycles. The summed E-state index contributed by atoms with van der Waals surface area (Å²) in [5.74, 6) is 0.752. The summed E-state index contributed by atoms with van der Waals surface area (Å²) in [6, 6.07) is 10.1. The molecule has 30 heavy (non-hydrogen) atoms. The SMILES string of the molecule is CC(/C=C/C1CC1)=C\[C@H]1[C@H](OCOCc2ccccc2)[C@@](C)(O)[C@H]2[C@@H]3O[C@@H]3CCN12. The molecule has 1 N–H and O–H groups in total. The Morgan fingerprint density at radius 3 is 2.83 bits per heavy atom. The predicted octanol–water partition coefficient (Wildman–Crippen LogP) is 3.43. The third-order valence-corrected chi connectivity index (χ3v) is 6.96. The normalized spacial score (nSPS) is 38.6. The Labute approximate surface area is 179 Å². The first-order valence-electron chi connectivity index (χ1n) is 11.3. The van der Waals surface area contributed by atoms with E-state index < -0.39 is 5.60 Å². The molecule has 1 aromatic rings. The van der Waals surface area contributed by atoms with E-state index in [-0.39, 0.29) is 31.1 Å². The lowest BCUT2D eigenvalue weighted by molar-refractivity contribution is -0.152. The number of rotatable bonds is 8. The third-order valence-electron chi connectivity index (χ3n) is 6.96. The van der Waals surface area contributed by atoms with Crippen molar-refractivity contribution in [2.75, 3.05) is 13.3 Å². The molecule has 1 aliphatic carbocycles. The van der Waals surface area contributed by atoms with Gasteiger partial charge in [-0.3, -0.25) is 4.90 Å². The van der Waals surface area contributed by atoms with Crippen LogP contribution in [0.5, 0.6) is 0 Å². The van der Waals surface area contributed by atoms with Crippen LogP contribution in [0.3, 0.4) is 0 Å². The van der Waals surface area contributed by atoms with Crippen molar-refractivity contribution in [1.29, 1.82) is 0 Å². The van der Waals surface area contributed by atoms with Crippen LogP contribution in [0, 0.1) is 5.92 Å². The van der Waals surface area contributed by atoms with Gasteiger partial charge < -0.3 is 19.3 Å². The van der Waals surface area contributed by atoms with Gasteiger partial charge in [-0.25, -0.2) is 0 Å². The number of aliphatic hydroxyl groups is 1. The van der Waals surface area contributed by atoms with Crippen LogP contribution in [0.1, 0.15) is 38.7 Å². The van der Waals surface area contributed by atoms with Crippen LogP contribution < -0.4 is 0 Å². The van der Waals surface area contributed by atoms with E-state index in [2.05, 4.69) is 30.1 Å². The highest BCUT2D eigenvalue weighted by Gasteiger charge is 2.66. The molecule has 0 amide bonds. The molecule has 3 heterocycles. The molecule has 0 unspecified atom stereocenters. The Bertz CT molecular complexity index is 801. The largest absolute Gasteiger partial charge is 0.386 e. The number of piperidine rings is 1. The second kappa shape index (κ2) is 8.21. The van der Waals surface area contributed by atoms with E-state index >= 15 is 0 Å². The summed E-state index contributed by atoms with van der Waals surface area (Å²) in [6.07, 6.45) is 10.5. The van der Waals surface area contributed by atoms with E-state index in [1.807, 2.05) is 37.3 Å². The molecule has 6 atom stereocenters. The maximum atomic E-state index is 11.5. The minimum absolute atomic E-state index is 0.0133. The fourth-order valence-corrected chi connectivity index (χ4v) is 5.17. The number of ether oxygens (including phenoxy) is 3. The Kier molecular flexibility index (Phi) is 5.58. The summed E-state index contributed by atoms with van der Waals surface area (Å²) in [5, 5.41) is 11.5. The Hall–Kier alpha value is -1.50. The fourth-order valence-electron chi connectivity index (χ4n) is 5.17. The van der Waals surface area contributed by atoms with Crippen molar-refractivity contribution >= 4 is 0 Å². The Morgan fingerprint density at radius 2 is 2.07 bits per heavy atom. The zero-order valence-corrected chi connectivity index (χ0v) is 17.9. The van der Waals surface area contributed by atoms with E-state index in [1.54, 1.807) is 0 Å². The number of hydrogen-bond donors (Lipinski definition) is 1. The summed E-state index contributed by atoms with van der Waals surface area (Å²) < 4.78 is 17.9. The second-order valence-electron chi connectivity index (χ2n) is 9.47. The van der Waals surface area contributed by atoms with Crippen LogP contribution >= 0.6 is 0 Å². The zero-order valence-electron chi connectivity index (χ0n) is 17.9. The molecule has 0 spiro atoms. The number of allylic oxidation sites excluding steroid dienone is 3. The van der Waals surface area contributed by atoms with Gasteiger partial charge in [0.05, 0.1) is 24.8 Å². The first-order chi connectivity index (χ1) is 14.5. The van der Waals surface area contributed by atoms with Crippen LogP contribution in [0.4, 0.5) is 0 Å². The predicted molar refractivity (Wildman–Crippen MR) is 115 cm³/mol. The van der Waals surface area contributed by atoms with Gasteiger partial charge >= 0.3 is 0 Å². The van der Waals surface area contributed by atoms with Gasteiger partial charge in [-0.2, -0.15) is 0 Å². The minimum atomic E-state index is -0.988. The van der Waals surface area contributed by atoms with Gasteiger partial charge in [-0.15, -0.1) is 0 Å². The molecule has 5 nitrogen and oxygen atoms in total. The summed E-state index contributed by atoms with van der Waals surface area (Å²) in [5.41, 5.74) is 1.35. The summed E-state index contributed by atoms with van der Waals surface area (Å²) >= 11 is 0. The van der Waals surface area contributed by atoms with E-state index in [0.717, 1.165) is 24.4 Å². The van der Waals surface area contributed by atoms with Gasteiger partial charge in [0, 0.05) is 6.54 Å². The summed E-state index contributed by atoms with van der Waals surface area (Å²) in [4.78, 5) is 2.39. The molecule has 5 rings (SSSR count). The highest BCUT2D eigenvalue weighted by molar-refractivity contribution is 5.27. The first kappa shape index (κ1) is 20.4. The van der Waals surface area contributed by atoms with E-state index in [4.69, 9.17) is 14.2 Å². The standard InChI is InChI=1S/C25H33NO4/c1-17(8-9-18-10-11-18)14-20-24(29-16-28-15-19-6-4-3-5-7-19)25(2,27)23-22-21(30-22)12-13-26(20)23/h3-9,14,18,20-24,27H,10-13,15-16H2,1-2H3/b9-8+,17-14+/t20-,21+,22+,23+,24-,25-/m0/s1. The van der Waals surface area contributed by atoms with E-state index in [9.17, 15) is 5.11 Å². The lowest BCUT2D eigenvalue weighted by Crippen LogP contribution is -2.52. The van der Waals surface area contributed by atoms with Gasteiger partial charge in [-0.1, -0.05) is 54.1 Å². The van der Waals surface area contributed by atoms with Crippen LogP contribution in [-0.2, 0) is 20.8 Å². The van der Waals surface area contributed by atoms with Crippen molar-refractivity contribution in [1.82, 2.24) is 4.90 Å². The van der Waals surface area contributed by atoms with Crippen molar-refractivity contribution in [2.24, 2.45) is 5.92 Å². The van der Waals surface area contributed by atoms with Gasteiger partial charge in [0.25, 0.3) is 0 Å². The molecule has 162 valence electrons. The quantitative estimate of drug-likeness (QED) is 0.307. The topological polar surface area (TPSA) is 54.5 Å². The maximum absolute atomic E-state index is 11.5. The molecular weight excluding hydrogens is 378 g/mol. The van der Waals surface area contributed by atoms with Crippen LogP contribution in [-0.4, -0.2) is 59.3 Å². The molecular formula is C25H33NO4. The first-order valence-corrected chi connectivity index (χ1v) is 11.3. The lowest BCUT2D eigenvalue weighted by Gasteiger charge is -2.34. The van der Waals surface area contributed by atoms with Crippen LogP contribution in [0.15, 0.2) is 54.1 Å². The highest BCUT2D eigenvalue weighted by Crippen LogP contribution is 2.48. The van der Waals surface area contributed by atoms with Crippen LogP contribution in [0.2, 0.25) is 0 Å². The molecule has 4 fully saturated rings. The minimum Gasteiger partial charge on any atom is -0.386 e. The smallest absolute Gasteiger partial charge is 0.147 e. The number of hydrogen-bond acceptors (Lipinski definition) is 5. The zero-order chi connectivity index (χ0) is 20.7. The molecule has 1 aromatic carbocycles. The van der Waals surface area contributed by atoms with Gasteiger partial charge in [0.2, 0.25) is 0 Å². The highest BCUT2D eigenvalue weighted by atomic mass is 16.7. The average molecular weight is 412 g/mol. The van der Waals surface area contributed by atoms with Crippen molar-refractivity contribution < 1.29 is 19.3 Å². The molecule has 1 saturated carbocycles. The third kappa shape index (κ3) is 4.14. The van der Waals surface area contributed by atoms with E-state index in [1.165, 1.54) is 18.4 Å². The van der Waals surface area contributed by atoms with Crippen molar-refractivity contribution in [3.63, 3.8) is 0 Å². The Morgan fingerprint density at radius 1 is 1.27 bits per heavy atom. The molecule has 0 aromatic heterocycles. The molecule has 0 radical (unpaired) electrons. The molecule has 3 saturated heterocycles. The number of benzene rings is 1. The van der Waals surface area contributed by atoms with E-state index in [0.29, 0.717) is 12.7 Å². The van der Waals surface area contributed by atoms with Crippen molar-refractivity contribution in [3.8, 4) is 0 Å². The lowest BCUT2D eigenvalue weighted by atomic mass is 9.88. The summed E-state index contributed by atoms with van der Waals surface area (Å²) in [7, 11) is 0. The molecule has 4 aliphatic rings. The number of fused-ring (bicyclic) bond motifs is 3.